The number of hydrogen-bond acceptors (Lipinski definition) is 7. The standard InChI is InChI=1S/C21H20N4O4S.CH2O2/c1-24-9-6-14(7-10-24)16-12-25(18-3-2-8-22-21(16)18)30(27,28)15-4-5-19-17(11-15)23-20(26)13-29-19;2-1-3/h2-6,8,11-12H,7,9-10,13H2,1H3,(H,23,26);1H,(H,2,3). The van der Waals surface area contributed by atoms with Crippen molar-refractivity contribution in [2.45, 2.75) is 11.3 Å². The van der Waals surface area contributed by atoms with Crippen molar-refractivity contribution in [2.24, 2.45) is 0 Å². The Labute approximate surface area is 190 Å². The summed E-state index contributed by atoms with van der Waals surface area (Å²) in [5.74, 6) is 0.133. The molecule has 2 aromatic heterocycles. The Balaban J connectivity index is 0.000000821. The number of carbonyl (C=O) groups is 2. The van der Waals surface area contributed by atoms with Gasteiger partial charge in [0.2, 0.25) is 0 Å². The second-order valence-electron chi connectivity index (χ2n) is 7.56. The zero-order valence-electron chi connectivity index (χ0n) is 17.8. The molecular formula is C22H22N4O6S. The van der Waals surface area contributed by atoms with Crippen molar-refractivity contribution in [3.63, 3.8) is 0 Å². The average Bonchev–Trinajstić information content (AvgIpc) is 3.20. The number of aromatic nitrogens is 2. The Morgan fingerprint density at radius 2 is 2.06 bits per heavy atom. The lowest BCUT2D eigenvalue weighted by Crippen LogP contribution is -2.25. The predicted octanol–water partition coefficient (Wildman–Crippen LogP) is 2.02. The Kier molecular flexibility index (Phi) is 6.16. The average molecular weight is 471 g/mol. The molecular weight excluding hydrogens is 448 g/mol. The molecule has 11 heteroatoms. The van der Waals surface area contributed by atoms with E-state index in [4.69, 9.17) is 14.6 Å². The van der Waals surface area contributed by atoms with Crippen molar-refractivity contribution in [3.05, 3.63) is 54.4 Å². The van der Waals surface area contributed by atoms with Gasteiger partial charge in [0.15, 0.2) is 6.61 Å². The summed E-state index contributed by atoms with van der Waals surface area (Å²) in [7, 11) is -1.86. The largest absolute Gasteiger partial charge is 0.483 e. The first-order valence-corrected chi connectivity index (χ1v) is 11.5. The SMILES string of the molecule is CN1CC=C(c2cn(S(=O)(=O)c3ccc4c(c3)NC(=O)CO4)c3cccnc23)CC1.O=CO. The summed E-state index contributed by atoms with van der Waals surface area (Å²) in [5.41, 5.74) is 3.45. The van der Waals surface area contributed by atoms with Crippen molar-refractivity contribution in [2.75, 3.05) is 32.1 Å². The predicted molar refractivity (Wildman–Crippen MR) is 122 cm³/mol. The van der Waals surface area contributed by atoms with Crippen LogP contribution in [0.1, 0.15) is 12.0 Å². The number of rotatable bonds is 3. The number of fused-ring (bicyclic) bond motifs is 2. The van der Waals surface area contributed by atoms with Gasteiger partial charge in [0.05, 0.1) is 21.6 Å². The van der Waals surface area contributed by atoms with E-state index in [2.05, 4.69) is 28.3 Å². The molecule has 2 aliphatic rings. The van der Waals surface area contributed by atoms with Crippen molar-refractivity contribution in [1.29, 1.82) is 0 Å². The van der Waals surface area contributed by atoms with Crippen LogP contribution in [0.4, 0.5) is 5.69 Å². The molecule has 0 aliphatic carbocycles. The second-order valence-corrected chi connectivity index (χ2v) is 9.37. The molecule has 1 amide bonds. The number of nitrogens with one attached hydrogen (secondary N) is 1. The van der Waals surface area contributed by atoms with Gasteiger partial charge in [-0.15, -0.1) is 0 Å². The molecule has 0 spiro atoms. The minimum atomic E-state index is -3.91. The van der Waals surface area contributed by atoms with Crippen molar-refractivity contribution in [1.82, 2.24) is 13.9 Å². The minimum absolute atomic E-state index is 0.0664. The minimum Gasteiger partial charge on any atom is -0.483 e. The van der Waals surface area contributed by atoms with Crippen LogP contribution in [0.5, 0.6) is 5.75 Å². The van der Waals surface area contributed by atoms with E-state index in [0.29, 0.717) is 22.5 Å². The maximum atomic E-state index is 13.5. The second kappa shape index (κ2) is 9.04. The molecule has 0 saturated carbocycles. The van der Waals surface area contributed by atoms with Gasteiger partial charge in [0.25, 0.3) is 22.4 Å². The van der Waals surface area contributed by atoms with Crippen molar-refractivity contribution in [3.8, 4) is 5.75 Å². The van der Waals surface area contributed by atoms with Gasteiger partial charge in [0.1, 0.15) is 5.75 Å². The first-order valence-electron chi connectivity index (χ1n) is 10.1. The van der Waals surface area contributed by atoms with Gasteiger partial charge in [-0.2, -0.15) is 0 Å². The number of pyridine rings is 1. The van der Waals surface area contributed by atoms with Crippen LogP contribution in [0.25, 0.3) is 16.6 Å². The normalized spacial score (nSPS) is 16.0. The van der Waals surface area contributed by atoms with E-state index in [0.717, 1.165) is 30.6 Å². The number of likely N-dealkylation sites (N-methyl/N-ethyl adjacent to an activating group) is 1. The molecule has 0 fully saturated rings. The number of amides is 1. The molecule has 2 aliphatic heterocycles. The van der Waals surface area contributed by atoms with Gasteiger partial charge in [-0.05, 0) is 49.4 Å². The third-order valence-corrected chi connectivity index (χ3v) is 7.09. The van der Waals surface area contributed by atoms with E-state index >= 15 is 0 Å². The van der Waals surface area contributed by atoms with E-state index in [-0.39, 0.29) is 23.9 Å². The Hall–Kier alpha value is -3.70. The number of hydrogen-bond donors (Lipinski definition) is 2. The first-order chi connectivity index (χ1) is 15.8. The van der Waals surface area contributed by atoms with Gasteiger partial charge in [-0.3, -0.25) is 14.6 Å². The molecule has 5 rings (SSSR count). The zero-order valence-corrected chi connectivity index (χ0v) is 18.6. The molecule has 2 N–H and O–H groups in total. The lowest BCUT2D eigenvalue weighted by Gasteiger charge is -2.21. The Morgan fingerprint density at radius 3 is 2.79 bits per heavy atom. The Bertz CT molecular complexity index is 1360. The maximum absolute atomic E-state index is 13.5. The Morgan fingerprint density at radius 1 is 1.27 bits per heavy atom. The van der Waals surface area contributed by atoms with Crippen LogP contribution in [-0.4, -0.2) is 66.5 Å². The van der Waals surface area contributed by atoms with E-state index in [1.807, 2.05) is 0 Å². The lowest BCUT2D eigenvalue weighted by molar-refractivity contribution is -0.123. The molecule has 0 atom stereocenters. The van der Waals surface area contributed by atoms with Gasteiger partial charge in [0, 0.05) is 31.0 Å². The summed E-state index contributed by atoms with van der Waals surface area (Å²) < 4.78 is 33.6. The number of ether oxygens (including phenoxy) is 1. The summed E-state index contributed by atoms with van der Waals surface area (Å²) in [4.78, 5) is 26.7. The highest BCUT2D eigenvalue weighted by atomic mass is 32.2. The monoisotopic (exact) mass is 470 g/mol. The third kappa shape index (κ3) is 4.32. The van der Waals surface area contributed by atoms with E-state index in [1.165, 1.54) is 16.1 Å². The quantitative estimate of drug-likeness (QED) is 0.556. The van der Waals surface area contributed by atoms with Crippen LogP contribution in [0, 0.1) is 0 Å². The molecule has 0 unspecified atom stereocenters. The van der Waals surface area contributed by atoms with Gasteiger partial charge in [-0.25, -0.2) is 12.4 Å². The summed E-state index contributed by atoms with van der Waals surface area (Å²) in [6, 6.07) is 7.96. The van der Waals surface area contributed by atoms with E-state index < -0.39 is 10.0 Å². The number of carboxylic acid groups (broad SMARTS) is 1. The van der Waals surface area contributed by atoms with Gasteiger partial charge in [-0.1, -0.05) is 6.08 Å². The van der Waals surface area contributed by atoms with Gasteiger partial charge < -0.3 is 20.1 Å². The molecule has 4 heterocycles. The van der Waals surface area contributed by atoms with Crippen LogP contribution in [-0.2, 0) is 19.6 Å². The van der Waals surface area contributed by atoms with Crippen molar-refractivity contribution < 1.29 is 27.9 Å². The molecule has 172 valence electrons. The summed E-state index contributed by atoms with van der Waals surface area (Å²) in [6.45, 7) is 1.38. The fourth-order valence-corrected chi connectivity index (χ4v) is 5.20. The highest BCUT2D eigenvalue weighted by molar-refractivity contribution is 7.90. The topological polar surface area (TPSA) is 131 Å². The fraction of sp³-hybridized carbons (Fsp3) is 0.227. The highest BCUT2D eigenvalue weighted by Crippen LogP contribution is 2.34. The third-order valence-electron chi connectivity index (χ3n) is 5.42. The van der Waals surface area contributed by atoms with Crippen LogP contribution in [0.15, 0.2) is 53.7 Å². The number of anilines is 1. The number of carbonyl (C=O) groups excluding carboxylic acids is 1. The van der Waals surface area contributed by atoms with Crippen LogP contribution < -0.4 is 10.1 Å². The highest BCUT2D eigenvalue weighted by Gasteiger charge is 2.26. The smallest absolute Gasteiger partial charge is 0.290 e. The fourth-order valence-electron chi connectivity index (χ4n) is 3.82. The van der Waals surface area contributed by atoms with Crippen molar-refractivity contribution >= 4 is 44.7 Å². The molecule has 10 nitrogen and oxygen atoms in total. The van der Waals surface area contributed by atoms with Gasteiger partial charge >= 0.3 is 0 Å². The number of benzene rings is 1. The molecule has 3 aromatic rings. The molecule has 33 heavy (non-hydrogen) atoms. The maximum Gasteiger partial charge on any atom is 0.290 e. The lowest BCUT2D eigenvalue weighted by atomic mass is 10.0. The van der Waals surface area contributed by atoms with Crippen LogP contribution >= 0.6 is 0 Å². The van der Waals surface area contributed by atoms with Crippen LogP contribution in [0.2, 0.25) is 0 Å². The summed E-state index contributed by atoms with van der Waals surface area (Å²) in [6.07, 6.45) is 6.27. The molecule has 0 bridgehead atoms. The summed E-state index contributed by atoms with van der Waals surface area (Å²) >= 11 is 0. The molecule has 1 aromatic carbocycles. The molecule has 0 radical (unpaired) electrons. The van der Waals surface area contributed by atoms with E-state index in [1.54, 1.807) is 30.6 Å². The summed E-state index contributed by atoms with van der Waals surface area (Å²) in [5, 5.41) is 9.55. The zero-order chi connectivity index (χ0) is 23.6. The molecule has 0 saturated heterocycles. The van der Waals surface area contributed by atoms with E-state index in [9.17, 15) is 13.2 Å². The van der Waals surface area contributed by atoms with Crippen LogP contribution in [0.3, 0.4) is 0 Å². The number of nitrogens with zero attached hydrogens (tertiary/aromatic N) is 3. The first kappa shape index (κ1) is 22.5.